The lowest BCUT2D eigenvalue weighted by Gasteiger charge is -2.39. The van der Waals surface area contributed by atoms with Gasteiger partial charge in [0.2, 0.25) is 5.91 Å². The van der Waals surface area contributed by atoms with E-state index in [0.717, 1.165) is 0 Å². The molecule has 1 saturated heterocycles. The molecule has 0 aromatic rings. The second-order valence-electron chi connectivity index (χ2n) is 5.19. The molecule has 4 heteroatoms. The maximum Gasteiger partial charge on any atom is 0.309 e. The van der Waals surface area contributed by atoms with Crippen LogP contribution in [0.4, 0.5) is 0 Å². The van der Waals surface area contributed by atoms with Gasteiger partial charge in [0.05, 0.1) is 5.41 Å². The Morgan fingerprint density at radius 2 is 1.81 bits per heavy atom. The highest BCUT2D eigenvalue weighted by molar-refractivity contribution is 5.76. The minimum absolute atomic E-state index is 0.0449. The molecule has 1 aliphatic heterocycles. The van der Waals surface area contributed by atoms with Gasteiger partial charge in [-0.1, -0.05) is 13.8 Å². The summed E-state index contributed by atoms with van der Waals surface area (Å²) in [6.07, 6.45) is 1.87. The van der Waals surface area contributed by atoms with Crippen molar-refractivity contribution in [3.63, 3.8) is 0 Å². The van der Waals surface area contributed by atoms with Crippen LogP contribution in [0.5, 0.6) is 0 Å². The van der Waals surface area contributed by atoms with Gasteiger partial charge in [0, 0.05) is 20.0 Å². The number of hydrogen-bond acceptors (Lipinski definition) is 2. The smallest absolute Gasteiger partial charge is 0.309 e. The summed E-state index contributed by atoms with van der Waals surface area (Å²) < 4.78 is 0. The predicted octanol–water partition coefficient (Wildman–Crippen LogP) is 1.75. The van der Waals surface area contributed by atoms with E-state index in [9.17, 15) is 14.7 Å². The minimum atomic E-state index is -0.704. The van der Waals surface area contributed by atoms with E-state index in [1.54, 1.807) is 4.90 Å². The van der Waals surface area contributed by atoms with Gasteiger partial charge in [0.25, 0.3) is 0 Å². The zero-order valence-electron chi connectivity index (χ0n) is 10.3. The number of carboxylic acids is 1. The Morgan fingerprint density at radius 1 is 1.31 bits per heavy atom. The van der Waals surface area contributed by atoms with Gasteiger partial charge in [-0.15, -0.1) is 0 Å². The third-order valence-electron chi connectivity index (χ3n) is 3.42. The standard InChI is InChI=1S/C12H21NO3/c1-9(2)8-12(11(15)16)4-6-13(7-5-12)10(3)14/h9H,4-8H2,1-3H3,(H,15,16). The summed E-state index contributed by atoms with van der Waals surface area (Å²) in [6.45, 7) is 6.78. The van der Waals surface area contributed by atoms with Crippen molar-refractivity contribution in [3.05, 3.63) is 0 Å². The highest BCUT2D eigenvalue weighted by atomic mass is 16.4. The van der Waals surface area contributed by atoms with Crippen LogP contribution >= 0.6 is 0 Å². The van der Waals surface area contributed by atoms with Crippen LogP contribution in [-0.2, 0) is 9.59 Å². The molecule has 1 N–H and O–H groups in total. The molecule has 16 heavy (non-hydrogen) atoms. The minimum Gasteiger partial charge on any atom is -0.481 e. The lowest BCUT2D eigenvalue weighted by Crippen LogP contribution is -2.46. The summed E-state index contributed by atoms with van der Waals surface area (Å²) in [6, 6.07) is 0. The molecule has 0 aliphatic carbocycles. The van der Waals surface area contributed by atoms with E-state index in [2.05, 4.69) is 0 Å². The number of aliphatic carboxylic acids is 1. The quantitative estimate of drug-likeness (QED) is 0.799. The van der Waals surface area contributed by atoms with Gasteiger partial charge in [-0.3, -0.25) is 9.59 Å². The number of nitrogens with zero attached hydrogens (tertiary/aromatic N) is 1. The van der Waals surface area contributed by atoms with Crippen molar-refractivity contribution < 1.29 is 14.7 Å². The second kappa shape index (κ2) is 4.85. The van der Waals surface area contributed by atoms with E-state index in [4.69, 9.17) is 0 Å². The van der Waals surface area contributed by atoms with E-state index >= 15 is 0 Å². The molecule has 1 rings (SSSR count). The molecular weight excluding hydrogens is 206 g/mol. The van der Waals surface area contributed by atoms with Gasteiger partial charge in [-0.25, -0.2) is 0 Å². The summed E-state index contributed by atoms with van der Waals surface area (Å²) in [4.78, 5) is 24.3. The van der Waals surface area contributed by atoms with Gasteiger partial charge in [-0.05, 0) is 25.2 Å². The summed E-state index contributed by atoms with van der Waals surface area (Å²) >= 11 is 0. The van der Waals surface area contributed by atoms with Crippen molar-refractivity contribution in [3.8, 4) is 0 Å². The molecule has 1 amide bonds. The first-order valence-electron chi connectivity index (χ1n) is 5.86. The second-order valence-corrected chi connectivity index (χ2v) is 5.19. The molecule has 0 saturated carbocycles. The Hall–Kier alpha value is -1.06. The van der Waals surface area contributed by atoms with Crippen LogP contribution in [0.15, 0.2) is 0 Å². The third-order valence-corrected chi connectivity index (χ3v) is 3.42. The molecule has 0 radical (unpaired) electrons. The molecule has 4 nitrogen and oxygen atoms in total. The molecule has 92 valence electrons. The molecule has 1 heterocycles. The zero-order chi connectivity index (χ0) is 12.3. The summed E-state index contributed by atoms with van der Waals surface area (Å²) in [5.74, 6) is -0.284. The first-order chi connectivity index (χ1) is 7.37. The number of likely N-dealkylation sites (tertiary alicyclic amines) is 1. The number of piperidine rings is 1. The van der Waals surface area contributed by atoms with E-state index in [1.807, 2.05) is 13.8 Å². The number of carbonyl (C=O) groups excluding carboxylic acids is 1. The van der Waals surface area contributed by atoms with Crippen molar-refractivity contribution in [2.24, 2.45) is 11.3 Å². The maximum absolute atomic E-state index is 11.4. The predicted molar refractivity (Wildman–Crippen MR) is 61.0 cm³/mol. The lowest BCUT2D eigenvalue weighted by atomic mass is 9.73. The molecule has 0 aromatic heterocycles. The van der Waals surface area contributed by atoms with E-state index in [1.165, 1.54) is 6.92 Å². The van der Waals surface area contributed by atoms with Crippen molar-refractivity contribution >= 4 is 11.9 Å². The van der Waals surface area contributed by atoms with Gasteiger partial charge in [0.1, 0.15) is 0 Å². The first kappa shape index (κ1) is 13.0. The van der Waals surface area contributed by atoms with Crippen molar-refractivity contribution in [2.75, 3.05) is 13.1 Å². The Morgan fingerprint density at radius 3 is 2.12 bits per heavy atom. The van der Waals surface area contributed by atoms with Crippen LogP contribution in [0.25, 0.3) is 0 Å². The Balaban J connectivity index is 2.70. The number of carboxylic acid groups (broad SMARTS) is 1. The number of carbonyl (C=O) groups is 2. The summed E-state index contributed by atoms with van der Waals surface area (Å²) in [5, 5.41) is 9.36. The Bertz CT molecular complexity index is 278. The molecule has 0 spiro atoms. The van der Waals surface area contributed by atoms with Crippen LogP contribution in [0.1, 0.15) is 40.0 Å². The molecular formula is C12H21NO3. The number of amides is 1. The van der Waals surface area contributed by atoms with Gasteiger partial charge < -0.3 is 10.0 Å². The zero-order valence-corrected chi connectivity index (χ0v) is 10.3. The highest BCUT2D eigenvalue weighted by Gasteiger charge is 2.42. The normalized spacial score (nSPS) is 19.9. The summed E-state index contributed by atoms with van der Waals surface area (Å²) in [7, 11) is 0. The van der Waals surface area contributed by atoms with Crippen LogP contribution in [0, 0.1) is 11.3 Å². The summed E-state index contributed by atoms with van der Waals surface area (Å²) in [5.41, 5.74) is -0.611. The largest absolute Gasteiger partial charge is 0.481 e. The Kier molecular flexibility index (Phi) is 3.94. The molecule has 0 atom stereocenters. The fourth-order valence-electron chi connectivity index (χ4n) is 2.54. The van der Waals surface area contributed by atoms with Crippen LogP contribution in [0.2, 0.25) is 0 Å². The Labute approximate surface area is 96.6 Å². The monoisotopic (exact) mass is 227 g/mol. The maximum atomic E-state index is 11.4. The first-order valence-corrected chi connectivity index (χ1v) is 5.86. The van der Waals surface area contributed by atoms with Crippen molar-refractivity contribution in [1.29, 1.82) is 0 Å². The highest BCUT2D eigenvalue weighted by Crippen LogP contribution is 2.37. The topological polar surface area (TPSA) is 57.6 Å². The third kappa shape index (κ3) is 2.74. The van der Waals surface area contributed by atoms with Crippen LogP contribution < -0.4 is 0 Å². The van der Waals surface area contributed by atoms with Crippen LogP contribution in [-0.4, -0.2) is 35.0 Å². The van der Waals surface area contributed by atoms with Gasteiger partial charge in [0.15, 0.2) is 0 Å². The lowest BCUT2D eigenvalue weighted by molar-refractivity contribution is -0.155. The van der Waals surface area contributed by atoms with Crippen LogP contribution in [0.3, 0.4) is 0 Å². The molecule has 1 aliphatic rings. The number of hydrogen-bond donors (Lipinski definition) is 1. The SMILES string of the molecule is CC(=O)N1CCC(CC(C)C)(C(=O)O)CC1. The number of rotatable bonds is 3. The van der Waals surface area contributed by atoms with Crippen molar-refractivity contribution in [1.82, 2.24) is 4.90 Å². The van der Waals surface area contributed by atoms with E-state index in [-0.39, 0.29) is 5.91 Å². The fraction of sp³-hybridized carbons (Fsp3) is 0.833. The fourth-order valence-corrected chi connectivity index (χ4v) is 2.54. The van der Waals surface area contributed by atoms with E-state index in [0.29, 0.717) is 38.3 Å². The average molecular weight is 227 g/mol. The molecule has 0 bridgehead atoms. The molecule has 0 unspecified atom stereocenters. The molecule has 1 fully saturated rings. The van der Waals surface area contributed by atoms with Gasteiger partial charge in [-0.2, -0.15) is 0 Å². The average Bonchev–Trinajstić information content (AvgIpc) is 2.17. The van der Waals surface area contributed by atoms with Gasteiger partial charge >= 0.3 is 5.97 Å². The van der Waals surface area contributed by atoms with Crippen molar-refractivity contribution in [2.45, 2.75) is 40.0 Å². The molecule has 0 aromatic carbocycles. The van der Waals surface area contributed by atoms with E-state index < -0.39 is 11.4 Å².